The Morgan fingerprint density at radius 1 is 1.24 bits per heavy atom. The molecule has 2 aliphatic rings. The van der Waals surface area contributed by atoms with Crippen molar-refractivity contribution in [3.8, 4) is 11.5 Å². The maximum Gasteiger partial charge on any atom is 0.128 e. The van der Waals surface area contributed by atoms with Crippen LogP contribution in [0.25, 0.3) is 0 Å². The first-order valence-corrected chi connectivity index (χ1v) is 9.06. The van der Waals surface area contributed by atoms with E-state index < -0.39 is 0 Å². The van der Waals surface area contributed by atoms with Gasteiger partial charge in [-0.3, -0.25) is 0 Å². The van der Waals surface area contributed by atoms with Crippen LogP contribution in [0, 0.1) is 0 Å². The Kier molecular flexibility index (Phi) is 4.74. The highest BCUT2D eigenvalue weighted by Gasteiger charge is 2.28. The van der Waals surface area contributed by atoms with Crippen LogP contribution in [0.2, 0.25) is 0 Å². The number of aromatic nitrogens is 1. The average Bonchev–Trinajstić information content (AvgIpc) is 3.04. The second kappa shape index (κ2) is 7.31. The van der Waals surface area contributed by atoms with Gasteiger partial charge in [-0.25, -0.2) is 4.98 Å². The van der Waals surface area contributed by atoms with Gasteiger partial charge in [0, 0.05) is 36.9 Å². The van der Waals surface area contributed by atoms with E-state index in [4.69, 9.17) is 9.47 Å². The second-order valence-electron chi connectivity index (χ2n) is 6.73. The molecule has 0 spiro atoms. The van der Waals surface area contributed by atoms with Crippen molar-refractivity contribution in [1.29, 1.82) is 0 Å². The highest BCUT2D eigenvalue weighted by atomic mass is 16.5. The highest BCUT2D eigenvalue weighted by Crippen LogP contribution is 2.35. The van der Waals surface area contributed by atoms with E-state index in [1.54, 1.807) is 7.11 Å². The topological polar surface area (TPSA) is 46.6 Å². The molecule has 1 aromatic heterocycles. The van der Waals surface area contributed by atoms with Crippen molar-refractivity contribution in [3.05, 3.63) is 48.2 Å². The van der Waals surface area contributed by atoms with Crippen molar-refractivity contribution in [2.24, 2.45) is 0 Å². The van der Waals surface area contributed by atoms with Gasteiger partial charge in [0.15, 0.2) is 0 Å². The summed E-state index contributed by atoms with van der Waals surface area (Å²) in [7, 11) is 1.71. The number of hydrogen-bond acceptors (Lipinski definition) is 5. The lowest BCUT2D eigenvalue weighted by Gasteiger charge is -2.24. The van der Waals surface area contributed by atoms with Gasteiger partial charge in [0.1, 0.15) is 17.3 Å². The van der Waals surface area contributed by atoms with Gasteiger partial charge in [-0.05, 0) is 49.6 Å². The van der Waals surface area contributed by atoms with Crippen molar-refractivity contribution in [2.75, 3.05) is 31.7 Å². The minimum absolute atomic E-state index is 0.307. The minimum Gasteiger partial charge on any atom is -0.497 e. The van der Waals surface area contributed by atoms with Gasteiger partial charge < -0.3 is 19.7 Å². The Morgan fingerprint density at radius 2 is 2.20 bits per heavy atom. The Hall–Kier alpha value is -2.27. The lowest BCUT2D eigenvalue weighted by molar-refractivity contribution is 0.314. The zero-order valence-electron chi connectivity index (χ0n) is 14.6. The molecule has 0 unspecified atom stereocenters. The van der Waals surface area contributed by atoms with Gasteiger partial charge in [0.25, 0.3) is 0 Å². The van der Waals surface area contributed by atoms with Crippen LogP contribution < -0.4 is 19.7 Å². The monoisotopic (exact) mass is 339 g/mol. The molecule has 25 heavy (non-hydrogen) atoms. The number of fused-ring (bicyclic) bond motifs is 1. The van der Waals surface area contributed by atoms with Crippen LogP contribution in [0.15, 0.2) is 42.6 Å². The summed E-state index contributed by atoms with van der Waals surface area (Å²) in [6, 6.07) is 13.0. The highest BCUT2D eigenvalue weighted by molar-refractivity contribution is 5.43. The molecule has 1 aromatic carbocycles. The molecule has 0 aliphatic carbocycles. The summed E-state index contributed by atoms with van der Waals surface area (Å²) in [5.74, 6) is 2.94. The smallest absolute Gasteiger partial charge is 0.128 e. The minimum atomic E-state index is 0.307. The third kappa shape index (κ3) is 3.56. The van der Waals surface area contributed by atoms with Gasteiger partial charge in [0.05, 0.1) is 13.7 Å². The molecule has 1 N–H and O–H groups in total. The fourth-order valence-corrected chi connectivity index (χ4v) is 3.79. The van der Waals surface area contributed by atoms with Crippen molar-refractivity contribution in [2.45, 2.75) is 31.3 Å². The first-order valence-electron chi connectivity index (χ1n) is 9.06. The fraction of sp³-hybridized carbons (Fsp3) is 0.450. The molecule has 2 aliphatic heterocycles. The molecule has 132 valence electrons. The fourth-order valence-electron chi connectivity index (χ4n) is 3.79. The number of rotatable bonds is 4. The summed E-state index contributed by atoms with van der Waals surface area (Å²) in [5, 5.41) is 3.86. The number of anilines is 1. The zero-order valence-corrected chi connectivity index (χ0v) is 14.6. The lowest BCUT2D eigenvalue weighted by Crippen LogP contribution is -2.35. The zero-order chi connectivity index (χ0) is 17.1. The number of ether oxygens (including phenoxy) is 2. The van der Waals surface area contributed by atoms with E-state index in [1.807, 2.05) is 30.5 Å². The van der Waals surface area contributed by atoms with Crippen LogP contribution in [-0.4, -0.2) is 37.8 Å². The first kappa shape index (κ1) is 16.2. The average molecular weight is 339 g/mol. The summed E-state index contributed by atoms with van der Waals surface area (Å²) >= 11 is 0. The van der Waals surface area contributed by atoms with Crippen molar-refractivity contribution < 1.29 is 9.47 Å². The maximum absolute atomic E-state index is 5.92. The predicted octanol–water partition coefficient (Wildman–Crippen LogP) is 3.17. The molecule has 0 radical (unpaired) electrons. The molecular weight excluding hydrogens is 314 g/mol. The third-order valence-corrected chi connectivity index (χ3v) is 5.09. The predicted molar refractivity (Wildman–Crippen MR) is 98.5 cm³/mol. The van der Waals surface area contributed by atoms with Crippen molar-refractivity contribution in [1.82, 2.24) is 10.3 Å². The van der Waals surface area contributed by atoms with E-state index in [-0.39, 0.29) is 0 Å². The number of nitrogens with one attached hydrogen (secondary N) is 1. The SMILES string of the molecule is COc1ccc2c(c1)[C@H](N[C@H]1CCN(c3ccccn3)C1)CCCO2. The van der Waals surface area contributed by atoms with Crippen LogP contribution in [-0.2, 0) is 0 Å². The Balaban J connectivity index is 1.48. The van der Waals surface area contributed by atoms with E-state index in [9.17, 15) is 0 Å². The molecule has 3 heterocycles. The second-order valence-corrected chi connectivity index (χ2v) is 6.73. The van der Waals surface area contributed by atoms with Gasteiger partial charge in [-0.1, -0.05) is 6.07 Å². The standard InChI is InChI=1S/C20H25N3O2/c1-24-16-7-8-19-17(13-16)18(5-4-12-25-19)22-15-9-11-23(14-15)20-6-2-3-10-21-20/h2-3,6-8,10,13,15,18,22H,4-5,9,11-12,14H2,1H3/t15-,18+/m0/s1. The van der Waals surface area contributed by atoms with Crippen LogP contribution in [0.5, 0.6) is 11.5 Å². The third-order valence-electron chi connectivity index (χ3n) is 5.09. The van der Waals surface area contributed by atoms with E-state index >= 15 is 0 Å². The lowest BCUT2D eigenvalue weighted by atomic mass is 10.0. The Labute approximate surface area is 149 Å². The van der Waals surface area contributed by atoms with Gasteiger partial charge in [-0.15, -0.1) is 0 Å². The van der Waals surface area contributed by atoms with Gasteiger partial charge >= 0.3 is 0 Å². The number of pyridine rings is 1. The van der Waals surface area contributed by atoms with Gasteiger partial charge in [-0.2, -0.15) is 0 Å². The molecule has 2 atom stereocenters. The Morgan fingerprint density at radius 3 is 3.04 bits per heavy atom. The number of nitrogens with zero attached hydrogens (tertiary/aromatic N) is 2. The maximum atomic E-state index is 5.92. The van der Waals surface area contributed by atoms with Crippen molar-refractivity contribution in [3.63, 3.8) is 0 Å². The molecule has 0 bridgehead atoms. The summed E-state index contributed by atoms with van der Waals surface area (Å²) < 4.78 is 11.3. The molecule has 4 rings (SSSR count). The molecule has 1 saturated heterocycles. The number of benzene rings is 1. The van der Waals surface area contributed by atoms with E-state index in [2.05, 4.69) is 27.3 Å². The number of hydrogen-bond donors (Lipinski definition) is 1. The van der Waals surface area contributed by atoms with E-state index in [0.29, 0.717) is 12.1 Å². The molecule has 0 saturated carbocycles. The first-order chi connectivity index (χ1) is 12.3. The normalized spacial score (nSPS) is 22.8. The number of methoxy groups -OCH3 is 1. The summed E-state index contributed by atoms with van der Waals surface area (Å²) in [6.45, 7) is 2.82. The Bertz CT molecular complexity index is 707. The summed E-state index contributed by atoms with van der Waals surface area (Å²) in [5.41, 5.74) is 1.22. The van der Waals surface area contributed by atoms with Crippen LogP contribution in [0.3, 0.4) is 0 Å². The molecule has 5 heteroatoms. The van der Waals surface area contributed by atoms with Crippen LogP contribution in [0.1, 0.15) is 30.9 Å². The molecule has 2 aromatic rings. The van der Waals surface area contributed by atoms with E-state index in [1.165, 1.54) is 5.56 Å². The quantitative estimate of drug-likeness (QED) is 0.927. The largest absolute Gasteiger partial charge is 0.497 e. The molecular formula is C20H25N3O2. The molecule has 0 amide bonds. The summed E-state index contributed by atoms with van der Waals surface area (Å²) in [4.78, 5) is 6.84. The van der Waals surface area contributed by atoms with Crippen molar-refractivity contribution >= 4 is 5.82 Å². The van der Waals surface area contributed by atoms with E-state index in [0.717, 1.165) is 56.3 Å². The van der Waals surface area contributed by atoms with Crippen LogP contribution in [0.4, 0.5) is 5.82 Å². The van der Waals surface area contributed by atoms with Gasteiger partial charge in [0.2, 0.25) is 0 Å². The summed E-state index contributed by atoms with van der Waals surface area (Å²) in [6.07, 6.45) is 5.14. The van der Waals surface area contributed by atoms with Crippen LogP contribution >= 0.6 is 0 Å². The molecule has 1 fully saturated rings. The molecule has 5 nitrogen and oxygen atoms in total.